The molecule has 2 aromatic heterocycles. The second-order valence-corrected chi connectivity index (χ2v) is 8.81. The molecule has 0 bridgehead atoms. The number of nitrogens with zero attached hydrogens (tertiary/aromatic N) is 4. The molecule has 2 aromatic rings. The number of hydrogen-bond acceptors (Lipinski definition) is 8. The molecule has 0 atom stereocenters. The Hall–Kier alpha value is -3.27. The molecule has 180 valence electrons. The van der Waals surface area contributed by atoms with Crippen LogP contribution in [0.3, 0.4) is 0 Å². The molecule has 1 aliphatic rings. The maximum absolute atomic E-state index is 12.4. The van der Waals surface area contributed by atoms with E-state index >= 15 is 0 Å². The van der Waals surface area contributed by atoms with Gasteiger partial charge in [-0.15, -0.1) is 0 Å². The third kappa shape index (κ3) is 7.67. The number of carboxylic acid groups (broad SMARTS) is 1. The second kappa shape index (κ2) is 11.6. The molecule has 0 radical (unpaired) electrons. The number of amides is 1. The molecule has 0 unspecified atom stereocenters. The van der Waals surface area contributed by atoms with Crippen LogP contribution in [0.2, 0.25) is 0 Å². The van der Waals surface area contributed by atoms with Crippen LogP contribution in [0, 0.1) is 6.92 Å². The highest BCUT2D eigenvalue weighted by Crippen LogP contribution is 2.31. The van der Waals surface area contributed by atoms with Gasteiger partial charge in [-0.1, -0.05) is 0 Å². The van der Waals surface area contributed by atoms with Crippen LogP contribution >= 0.6 is 0 Å². The summed E-state index contributed by atoms with van der Waals surface area (Å²) in [5.74, 6) is 1.87. The summed E-state index contributed by atoms with van der Waals surface area (Å²) in [6, 6.07) is 3.60. The summed E-state index contributed by atoms with van der Waals surface area (Å²) in [6.07, 6.45) is 2.82. The fourth-order valence-electron chi connectivity index (χ4n) is 3.59. The lowest BCUT2D eigenvalue weighted by Gasteiger charge is -2.25. The molecule has 3 rings (SSSR count). The van der Waals surface area contributed by atoms with Crippen molar-refractivity contribution >= 4 is 18.2 Å². The Bertz CT molecular complexity index is 974. The van der Waals surface area contributed by atoms with Gasteiger partial charge in [0.15, 0.2) is 5.82 Å². The van der Waals surface area contributed by atoms with Crippen molar-refractivity contribution in [1.82, 2.24) is 20.3 Å². The Morgan fingerprint density at radius 2 is 1.94 bits per heavy atom. The molecule has 0 aromatic carbocycles. The number of carbonyl (C=O) groups excluding carboxylic acids is 1. The van der Waals surface area contributed by atoms with E-state index in [1.54, 1.807) is 6.07 Å². The number of fused-ring (bicyclic) bond motifs is 1. The van der Waals surface area contributed by atoms with Crippen LogP contribution in [0.25, 0.3) is 11.5 Å². The monoisotopic (exact) mass is 459 g/mol. The van der Waals surface area contributed by atoms with Crippen molar-refractivity contribution < 1.29 is 24.5 Å². The molecule has 1 aliphatic carbocycles. The van der Waals surface area contributed by atoms with Crippen molar-refractivity contribution in [3.63, 3.8) is 0 Å². The average molecular weight is 460 g/mol. The van der Waals surface area contributed by atoms with Gasteiger partial charge in [-0.05, 0) is 47.0 Å². The first-order valence-electron chi connectivity index (χ1n) is 10.8. The predicted octanol–water partition coefficient (Wildman–Crippen LogP) is 1.76. The average Bonchev–Trinajstić information content (AvgIpc) is 3.19. The van der Waals surface area contributed by atoms with Crippen LogP contribution < -0.4 is 15.0 Å². The van der Waals surface area contributed by atoms with Crippen molar-refractivity contribution in [3.05, 3.63) is 29.1 Å². The number of likely N-dealkylation sites (N-methyl/N-ethyl adjacent to an activating group) is 1. The number of pyridine rings is 1. The number of aromatic nitrogens is 3. The van der Waals surface area contributed by atoms with Gasteiger partial charge in [0.1, 0.15) is 23.9 Å². The number of aliphatic hydroxyl groups excluding tert-OH is 1. The Balaban J connectivity index is 0.00000122. The number of carbonyl (C=O) groups is 2. The van der Waals surface area contributed by atoms with Gasteiger partial charge in [0, 0.05) is 41.7 Å². The third-order valence-electron chi connectivity index (χ3n) is 4.68. The summed E-state index contributed by atoms with van der Waals surface area (Å²) in [6.45, 7) is 7.89. The van der Waals surface area contributed by atoms with Gasteiger partial charge in [0.05, 0.1) is 13.2 Å². The van der Waals surface area contributed by atoms with Gasteiger partial charge in [-0.3, -0.25) is 9.59 Å². The fourth-order valence-corrected chi connectivity index (χ4v) is 3.59. The normalized spacial score (nSPS) is 12.3. The SMILES string of the molecule is Cc1cc(OCCO)cc(-c2nc3c(c(N(C)CC(=O)NC(C)(C)C)n2)CCC3)n1.O=CO. The van der Waals surface area contributed by atoms with E-state index < -0.39 is 0 Å². The third-order valence-corrected chi connectivity index (χ3v) is 4.68. The van der Waals surface area contributed by atoms with Crippen LogP contribution in [-0.2, 0) is 22.4 Å². The summed E-state index contributed by atoms with van der Waals surface area (Å²) in [7, 11) is 1.88. The number of aryl methyl sites for hydroxylation is 2. The van der Waals surface area contributed by atoms with E-state index in [9.17, 15) is 4.79 Å². The zero-order valence-electron chi connectivity index (χ0n) is 19.9. The molecule has 0 saturated heterocycles. The van der Waals surface area contributed by atoms with Crippen LogP contribution in [0.4, 0.5) is 5.82 Å². The zero-order chi connectivity index (χ0) is 24.6. The fraction of sp³-hybridized carbons (Fsp3) is 0.522. The minimum Gasteiger partial charge on any atom is -0.491 e. The van der Waals surface area contributed by atoms with Gasteiger partial charge in [-0.2, -0.15) is 0 Å². The Morgan fingerprint density at radius 3 is 2.58 bits per heavy atom. The van der Waals surface area contributed by atoms with Crippen LogP contribution in [0.1, 0.15) is 44.1 Å². The molecule has 0 aliphatic heterocycles. The topological polar surface area (TPSA) is 138 Å². The van der Waals surface area contributed by atoms with Crippen molar-refractivity contribution in [2.24, 2.45) is 0 Å². The van der Waals surface area contributed by atoms with Crippen LogP contribution in [0.15, 0.2) is 12.1 Å². The molecule has 0 fully saturated rings. The Morgan fingerprint density at radius 1 is 1.24 bits per heavy atom. The molecule has 0 saturated carbocycles. The van der Waals surface area contributed by atoms with Crippen molar-refractivity contribution in [1.29, 1.82) is 0 Å². The molecule has 0 spiro atoms. The van der Waals surface area contributed by atoms with E-state index in [0.717, 1.165) is 42.0 Å². The largest absolute Gasteiger partial charge is 0.491 e. The van der Waals surface area contributed by atoms with E-state index in [1.807, 2.05) is 45.7 Å². The zero-order valence-corrected chi connectivity index (χ0v) is 19.9. The lowest BCUT2D eigenvalue weighted by atomic mass is 10.1. The molecule has 3 N–H and O–H groups in total. The highest BCUT2D eigenvalue weighted by Gasteiger charge is 2.24. The summed E-state index contributed by atoms with van der Waals surface area (Å²) >= 11 is 0. The minimum atomic E-state index is -0.285. The Kier molecular flexibility index (Phi) is 9.10. The van der Waals surface area contributed by atoms with Crippen LogP contribution in [0.5, 0.6) is 5.75 Å². The second-order valence-electron chi connectivity index (χ2n) is 8.81. The van der Waals surface area contributed by atoms with E-state index in [2.05, 4.69) is 10.3 Å². The van der Waals surface area contributed by atoms with Gasteiger partial charge in [-0.25, -0.2) is 15.0 Å². The maximum Gasteiger partial charge on any atom is 0.290 e. The van der Waals surface area contributed by atoms with Crippen molar-refractivity contribution in [2.45, 2.75) is 52.5 Å². The molecule has 2 heterocycles. The number of rotatable bonds is 7. The van der Waals surface area contributed by atoms with E-state index in [-0.39, 0.29) is 37.7 Å². The lowest BCUT2D eigenvalue weighted by Crippen LogP contribution is -2.45. The smallest absolute Gasteiger partial charge is 0.290 e. The van der Waals surface area contributed by atoms with E-state index in [0.29, 0.717) is 17.3 Å². The maximum atomic E-state index is 12.4. The molecule has 10 heteroatoms. The highest BCUT2D eigenvalue weighted by atomic mass is 16.5. The van der Waals surface area contributed by atoms with E-state index in [4.69, 9.17) is 29.7 Å². The number of aliphatic hydroxyl groups is 1. The number of ether oxygens (including phenoxy) is 1. The quantitative estimate of drug-likeness (QED) is 0.529. The number of anilines is 1. The van der Waals surface area contributed by atoms with Gasteiger partial charge in [0.2, 0.25) is 5.91 Å². The summed E-state index contributed by atoms with van der Waals surface area (Å²) < 4.78 is 5.56. The Labute approximate surface area is 194 Å². The van der Waals surface area contributed by atoms with Gasteiger partial charge >= 0.3 is 0 Å². The summed E-state index contributed by atoms with van der Waals surface area (Å²) in [5.41, 5.74) is 3.23. The van der Waals surface area contributed by atoms with Crippen molar-refractivity contribution in [3.8, 4) is 17.3 Å². The first-order chi connectivity index (χ1) is 15.6. The standard InChI is InChI=1S/C22H31N5O3.CH2O2/c1-14-11-15(30-10-9-28)12-18(23-14)20-24-17-8-6-7-16(17)21(25-20)27(5)13-19(29)26-22(2,3)4;2-1-3/h11-12,28H,6-10,13H2,1-5H3,(H,26,29);1H,(H,2,3). The molecule has 1 amide bonds. The number of nitrogens with one attached hydrogen (secondary N) is 1. The molecular formula is C23H33N5O5. The predicted molar refractivity (Wildman–Crippen MR) is 124 cm³/mol. The summed E-state index contributed by atoms with van der Waals surface area (Å²) in [4.78, 5) is 36.8. The van der Waals surface area contributed by atoms with Gasteiger partial charge < -0.3 is 25.2 Å². The molecule has 33 heavy (non-hydrogen) atoms. The first-order valence-corrected chi connectivity index (χ1v) is 10.8. The number of hydrogen-bond donors (Lipinski definition) is 3. The minimum absolute atomic E-state index is 0.0507. The van der Waals surface area contributed by atoms with E-state index in [1.165, 1.54) is 0 Å². The first kappa shape index (κ1) is 26.0. The molecule has 10 nitrogen and oxygen atoms in total. The van der Waals surface area contributed by atoms with Crippen LogP contribution in [-0.4, -0.2) is 69.9 Å². The molecular weight excluding hydrogens is 426 g/mol. The summed E-state index contributed by atoms with van der Waals surface area (Å²) in [5, 5.41) is 18.9. The van der Waals surface area contributed by atoms with Crippen molar-refractivity contribution in [2.75, 3.05) is 31.7 Å². The highest BCUT2D eigenvalue weighted by molar-refractivity contribution is 5.82. The lowest BCUT2D eigenvalue weighted by molar-refractivity contribution is -0.123. The van der Waals surface area contributed by atoms with Gasteiger partial charge in [0.25, 0.3) is 6.47 Å².